The molecule has 1 rings (SSSR count). The van der Waals surface area contributed by atoms with Crippen molar-refractivity contribution in [2.45, 2.75) is 51.6 Å². The number of aliphatic hydroxyl groups excluding tert-OH is 1. The third kappa shape index (κ3) is 4.83. The van der Waals surface area contributed by atoms with E-state index in [9.17, 15) is 15.2 Å². The summed E-state index contributed by atoms with van der Waals surface area (Å²) in [6.45, 7) is 10.8. The number of hydrogen-bond acceptors (Lipinski definition) is 6. The molecule has 1 aromatic rings. The van der Waals surface area contributed by atoms with Crippen molar-refractivity contribution in [2.24, 2.45) is 0 Å². The summed E-state index contributed by atoms with van der Waals surface area (Å²) < 4.78 is 7.36. The van der Waals surface area contributed by atoms with Crippen molar-refractivity contribution in [2.75, 3.05) is 6.61 Å². The van der Waals surface area contributed by atoms with Crippen LogP contribution in [-0.4, -0.2) is 45.8 Å². The minimum atomic E-state index is -1.94. The standard InChI is InChI=1S/C11H21BrN4O4Si/c1-11(2,3)21(4,5)20-7-8(17)6-15-9(12)13-10(14-15)16(18)19/h8,17H,6-7H2,1-5H3. The molecule has 1 heterocycles. The summed E-state index contributed by atoms with van der Waals surface area (Å²) in [7, 11) is -1.94. The summed E-state index contributed by atoms with van der Waals surface area (Å²) in [4.78, 5) is 13.5. The molecule has 1 atom stereocenters. The van der Waals surface area contributed by atoms with Crippen molar-refractivity contribution in [3.63, 3.8) is 0 Å². The van der Waals surface area contributed by atoms with Gasteiger partial charge < -0.3 is 19.6 Å². The second kappa shape index (κ2) is 6.51. The molecule has 21 heavy (non-hydrogen) atoms. The number of aromatic nitrogens is 3. The number of rotatable bonds is 6. The van der Waals surface area contributed by atoms with E-state index in [1.807, 2.05) is 0 Å². The minimum absolute atomic E-state index is 0.0549. The van der Waals surface area contributed by atoms with Gasteiger partial charge in [-0.15, -0.1) is 0 Å². The van der Waals surface area contributed by atoms with Gasteiger partial charge in [-0.05, 0) is 28.0 Å². The molecule has 1 unspecified atom stereocenters. The first kappa shape index (κ1) is 18.2. The summed E-state index contributed by atoms with van der Waals surface area (Å²) in [6.07, 6.45) is -0.809. The molecular formula is C11H21BrN4O4Si. The van der Waals surface area contributed by atoms with E-state index >= 15 is 0 Å². The Morgan fingerprint density at radius 1 is 1.52 bits per heavy atom. The molecule has 1 aromatic heterocycles. The first-order valence-corrected chi connectivity index (χ1v) is 10.2. The maximum atomic E-state index is 10.6. The molecule has 0 amide bonds. The van der Waals surface area contributed by atoms with Gasteiger partial charge in [-0.3, -0.25) is 0 Å². The fourth-order valence-electron chi connectivity index (χ4n) is 1.28. The van der Waals surface area contributed by atoms with Crippen LogP contribution in [0.5, 0.6) is 0 Å². The van der Waals surface area contributed by atoms with Crippen LogP contribution in [0.4, 0.5) is 5.95 Å². The maximum absolute atomic E-state index is 10.6. The Morgan fingerprint density at radius 3 is 2.52 bits per heavy atom. The predicted molar refractivity (Wildman–Crippen MR) is 83.5 cm³/mol. The largest absolute Gasteiger partial charge is 0.492 e. The van der Waals surface area contributed by atoms with Gasteiger partial charge in [-0.25, -0.2) is 0 Å². The van der Waals surface area contributed by atoms with Gasteiger partial charge in [0, 0.05) is 21.0 Å². The van der Waals surface area contributed by atoms with Crippen molar-refractivity contribution in [1.29, 1.82) is 0 Å². The lowest BCUT2D eigenvalue weighted by molar-refractivity contribution is -0.394. The van der Waals surface area contributed by atoms with Crippen LogP contribution in [0.15, 0.2) is 4.73 Å². The smallest absolute Gasteiger partial charge is 0.414 e. The molecule has 120 valence electrons. The van der Waals surface area contributed by atoms with Crippen molar-refractivity contribution >= 4 is 30.2 Å². The third-order valence-corrected chi connectivity index (χ3v) is 8.69. The first-order valence-electron chi connectivity index (χ1n) is 6.51. The normalized spacial score (nSPS) is 14.2. The molecule has 0 aliphatic rings. The summed E-state index contributed by atoms with van der Waals surface area (Å²) >= 11 is 3.08. The van der Waals surface area contributed by atoms with E-state index < -0.39 is 25.3 Å². The Labute approximate surface area is 132 Å². The Morgan fingerprint density at radius 2 is 2.10 bits per heavy atom. The summed E-state index contributed by atoms with van der Waals surface area (Å²) in [6, 6.07) is 0. The zero-order valence-electron chi connectivity index (χ0n) is 12.8. The van der Waals surface area contributed by atoms with Crippen LogP contribution in [0, 0.1) is 10.1 Å². The quantitative estimate of drug-likeness (QED) is 0.461. The van der Waals surface area contributed by atoms with E-state index in [0.717, 1.165) is 0 Å². The van der Waals surface area contributed by atoms with Crippen LogP contribution in [0.3, 0.4) is 0 Å². The monoisotopic (exact) mass is 380 g/mol. The number of nitrogens with zero attached hydrogens (tertiary/aromatic N) is 4. The van der Waals surface area contributed by atoms with Gasteiger partial charge in [-0.2, -0.15) is 4.68 Å². The lowest BCUT2D eigenvalue weighted by Gasteiger charge is -2.36. The SMILES string of the molecule is CC(C)(C)[Si](C)(C)OCC(O)Cn1nc([N+](=O)[O-])nc1Br. The van der Waals surface area contributed by atoms with Gasteiger partial charge in [-0.1, -0.05) is 20.8 Å². The second-order valence-corrected chi connectivity index (χ2v) is 11.9. The average Bonchev–Trinajstić information content (AvgIpc) is 2.67. The Balaban J connectivity index is 2.62. The number of nitro groups is 1. The van der Waals surface area contributed by atoms with E-state index in [0.29, 0.717) is 0 Å². The molecule has 0 radical (unpaired) electrons. The van der Waals surface area contributed by atoms with E-state index in [-0.39, 0.29) is 22.9 Å². The summed E-state index contributed by atoms with van der Waals surface area (Å²) in [5, 5.41) is 24.4. The first-order chi connectivity index (χ1) is 9.44. The Kier molecular flexibility index (Phi) is 5.64. The molecule has 0 fully saturated rings. The van der Waals surface area contributed by atoms with Crippen molar-refractivity contribution in [3.05, 3.63) is 14.8 Å². The highest BCUT2D eigenvalue weighted by molar-refractivity contribution is 9.10. The van der Waals surface area contributed by atoms with Crippen molar-refractivity contribution in [3.8, 4) is 0 Å². The van der Waals surface area contributed by atoms with Crippen LogP contribution in [0.2, 0.25) is 18.1 Å². The molecule has 0 saturated carbocycles. The highest BCUT2D eigenvalue weighted by Crippen LogP contribution is 2.36. The molecule has 0 bridgehead atoms. The van der Waals surface area contributed by atoms with E-state index in [1.165, 1.54) is 4.68 Å². The van der Waals surface area contributed by atoms with E-state index in [1.54, 1.807) is 0 Å². The molecule has 0 aliphatic carbocycles. The second-order valence-electron chi connectivity index (χ2n) is 6.35. The lowest BCUT2D eigenvalue weighted by Crippen LogP contribution is -2.43. The fourth-order valence-corrected chi connectivity index (χ4v) is 2.70. The summed E-state index contributed by atoms with van der Waals surface area (Å²) in [5.41, 5.74) is 0. The van der Waals surface area contributed by atoms with E-state index in [4.69, 9.17) is 4.43 Å². The van der Waals surface area contributed by atoms with Gasteiger partial charge >= 0.3 is 5.95 Å². The number of aliphatic hydroxyl groups is 1. The van der Waals surface area contributed by atoms with Crippen LogP contribution >= 0.6 is 15.9 Å². The van der Waals surface area contributed by atoms with Crippen LogP contribution < -0.4 is 0 Å². The molecular weight excluding hydrogens is 360 g/mol. The highest BCUT2D eigenvalue weighted by Gasteiger charge is 2.37. The number of hydrogen-bond donors (Lipinski definition) is 1. The maximum Gasteiger partial charge on any atom is 0.492 e. The van der Waals surface area contributed by atoms with Gasteiger partial charge in [0.2, 0.25) is 0 Å². The topological polar surface area (TPSA) is 103 Å². The molecule has 0 spiro atoms. The lowest BCUT2D eigenvalue weighted by atomic mass is 10.2. The predicted octanol–water partition coefficient (Wildman–Crippen LogP) is 2.33. The van der Waals surface area contributed by atoms with Crippen LogP contribution in [0.1, 0.15) is 20.8 Å². The van der Waals surface area contributed by atoms with Gasteiger partial charge in [0.25, 0.3) is 4.73 Å². The molecule has 0 aliphatic heterocycles. The van der Waals surface area contributed by atoms with Gasteiger partial charge in [0.05, 0.1) is 19.3 Å². The molecule has 10 heteroatoms. The zero-order chi connectivity index (χ0) is 16.4. The third-order valence-electron chi connectivity index (χ3n) is 3.61. The Bertz CT molecular complexity index is 515. The summed E-state index contributed by atoms with van der Waals surface area (Å²) in [5.74, 6) is -0.501. The number of halogens is 1. The zero-order valence-corrected chi connectivity index (χ0v) is 15.4. The van der Waals surface area contributed by atoms with Crippen LogP contribution in [0.25, 0.3) is 0 Å². The minimum Gasteiger partial charge on any atom is -0.414 e. The fraction of sp³-hybridized carbons (Fsp3) is 0.818. The highest BCUT2D eigenvalue weighted by atomic mass is 79.9. The Hall–Kier alpha value is -0.843. The molecule has 0 saturated heterocycles. The molecule has 8 nitrogen and oxygen atoms in total. The molecule has 1 N–H and O–H groups in total. The average molecular weight is 381 g/mol. The van der Waals surface area contributed by atoms with E-state index in [2.05, 4.69) is 59.9 Å². The van der Waals surface area contributed by atoms with Gasteiger partial charge in [0.1, 0.15) is 0 Å². The van der Waals surface area contributed by atoms with Crippen LogP contribution in [-0.2, 0) is 11.0 Å². The molecule has 0 aromatic carbocycles. The van der Waals surface area contributed by atoms with Crippen molar-refractivity contribution in [1.82, 2.24) is 14.8 Å². The van der Waals surface area contributed by atoms with Gasteiger partial charge in [0.15, 0.2) is 8.32 Å². The van der Waals surface area contributed by atoms with Crippen molar-refractivity contribution < 1.29 is 14.5 Å².